The van der Waals surface area contributed by atoms with Gasteiger partial charge in [0, 0.05) is 13.1 Å². The fraction of sp³-hybridized carbons (Fsp3) is 0.250. The number of anilines is 1. The molecule has 1 aromatic heterocycles. The van der Waals surface area contributed by atoms with Gasteiger partial charge in [0.1, 0.15) is 5.52 Å². The molecule has 1 heterocycles. The number of hydrogen-bond acceptors (Lipinski definition) is 5. The lowest BCUT2D eigenvalue weighted by molar-refractivity contribution is 0.302. The van der Waals surface area contributed by atoms with Crippen molar-refractivity contribution in [1.82, 2.24) is 15.2 Å². The van der Waals surface area contributed by atoms with Gasteiger partial charge < -0.3 is 10.0 Å². The fourth-order valence-corrected chi connectivity index (χ4v) is 1.56. The predicted molar refractivity (Wildman–Crippen MR) is 66.8 cm³/mol. The first kappa shape index (κ1) is 11.5. The van der Waals surface area contributed by atoms with E-state index >= 15 is 0 Å². The molecule has 0 aliphatic heterocycles. The van der Waals surface area contributed by atoms with Crippen LogP contribution in [-0.2, 0) is 0 Å². The molecule has 5 nitrogen and oxygen atoms in total. The first-order valence-electron chi connectivity index (χ1n) is 5.41. The van der Waals surface area contributed by atoms with Gasteiger partial charge >= 0.3 is 0 Å². The molecule has 2 aromatic rings. The number of aromatic nitrogens is 3. The van der Waals surface area contributed by atoms with E-state index in [-0.39, 0.29) is 6.61 Å². The van der Waals surface area contributed by atoms with Crippen LogP contribution in [0.5, 0.6) is 0 Å². The molecule has 1 N–H and O–H groups in total. The number of aliphatic hydroxyl groups is 1. The SMILES string of the molecule is C=CCN(CCO)c1nnc2ccccc2n1. The van der Waals surface area contributed by atoms with E-state index in [0.29, 0.717) is 19.0 Å². The quantitative estimate of drug-likeness (QED) is 0.777. The molecule has 17 heavy (non-hydrogen) atoms. The van der Waals surface area contributed by atoms with Crippen LogP contribution >= 0.6 is 0 Å². The number of fused-ring (bicyclic) bond motifs is 1. The number of nitrogens with zero attached hydrogens (tertiary/aromatic N) is 4. The lowest BCUT2D eigenvalue weighted by Gasteiger charge is -2.18. The van der Waals surface area contributed by atoms with Crippen molar-refractivity contribution in [2.24, 2.45) is 0 Å². The molecule has 2 rings (SSSR count). The van der Waals surface area contributed by atoms with E-state index in [1.54, 1.807) is 6.08 Å². The second kappa shape index (κ2) is 5.36. The number of para-hydroxylation sites is 1. The monoisotopic (exact) mass is 230 g/mol. The van der Waals surface area contributed by atoms with Crippen LogP contribution in [0, 0.1) is 0 Å². The second-order valence-corrected chi connectivity index (χ2v) is 3.56. The van der Waals surface area contributed by atoms with Gasteiger partial charge in [-0.3, -0.25) is 0 Å². The van der Waals surface area contributed by atoms with Crippen molar-refractivity contribution < 1.29 is 5.11 Å². The lowest BCUT2D eigenvalue weighted by atomic mass is 10.3. The van der Waals surface area contributed by atoms with Crippen LogP contribution in [0.1, 0.15) is 0 Å². The van der Waals surface area contributed by atoms with E-state index in [4.69, 9.17) is 5.11 Å². The summed E-state index contributed by atoms with van der Waals surface area (Å²) in [5, 5.41) is 17.1. The molecule has 0 saturated heterocycles. The van der Waals surface area contributed by atoms with E-state index in [2.05, 4.69) is 21.8 Å². The first-order chi connectivity index (χ1) is 8.35. The minimum absolute atomic E-state index is 0.0457. The van der Waals surface area contributed by atoms with Crippen LogP contribution in [0.15, 0.2) is 36.9 Å². The summed E-state index contributed by atoms with van der Waals surface area (Å²) >= 11 is 0. The number of aliphatic hydroxyl groups excluding tert-OH is 1. The van der Waals surface area contributed by atoms with Gasteiger partial charge in [-0.15, -0.1) is 16.8 Å². The Balaban J connectivity index is 2.35. The van der Waals surface area contributed by atoms with Crippen LogP contribution < -0.4 is 4.90 Å². The summed E-state index contributed by atoms with van der Waals surface area (Å²) in [6.45, 7) is 4.77. The third-order valence-electron chi connectivity index (χ3n) is 2.35. The van der Waals surface area contributed by atoms with Crippen molar-refractivity contribution in [1.29, 1.82) is 0 Å². The molecule has 0 bridgehead atoms. The summed E-state index contributed by atoms with van der Waals surface area (Å²) in [5.41, 5.74) is 1.56. The Labute approximate surface area is 99.4 Å². The maximum atomic E-state index is 8.99. The molecular formula is C12H14N4O. The molecular weight excluding hydrogens is 216 g/mol. The van der Waals surface area contributed by atoms with E-state index in [9.17, 15) is 0 Å². The van der Waals surface area contributed by atoms with Crippen molar-refractivity contribution in [3.05, 3.63) is 36.9 Å². The summed E-state index contributed by atoms with van der Waals surface area (Å²) < 4.78 is 0. The first-order valence-corrected chi connectivity index (χ1v) is 5.41. The average Bonchev–Trinajstić information content (AvgIpc) is 2.38. The smallest absolute Gasteiger partial charge is 0.246 e. The van der Waals surface area contributed by atoms with Gasteiger partial charge in [-0.25, -0.2) is 4.98 Å². The molecule has 0 amide bonds. The molecule has 0 saturated carbocycles. The van der Waals surface area contributed by atoms with Gasteiger partial charge in [0.05, 0.1) is 12.1 Å². The zero-order valence-electron chi connectivity index (χ0n) is 9.45. The number of benzene rings is 1. The van der Waals surface area contributed by atoms with Crippen LogP contribution in [-0.4, -0.2) is 40.0 Å². The summed E-state index contributed by atoms with van der Waals surface area (Å²) in [6, 6.07) is 7.56. The van der Waals surface area contributed by atoms with E-state index in [1.165, 1.54) is 0 Å². The molecule has 5 heteroatoms. The van der Waals surface area contributed by atoms with E-state index in [0.717, 1.165) is 11.0 Å². The minimum atomic E-state index is 0.0457. The third-order valence-corrected chi connectivity index (χ3v) is 2.35. The lowest BCUT2D eigenvalue weighted by Crippen LogP contribution is -2.28. The van der Waals surface area contributed by atoms with E-state index in [1.807, 2.05) is 29.2 Å². The summed E-state index contributed by atoms with van der Waals surface area (Å²) in [4.78, 5) is 6.23. The van der Waals surface area contributed by atoms with Crippen LogP contribution in [0.2, 0.25) is 0 Å². The van der Waals surface area contributed by atoms with Crippen LogP contribution in [0.25, 0.3) is 11.0 Å². The van der Waals surface area contributed by atoms with Gasteiger partial charge in [0.2, 0.25) is 5.95 Å². The fourth-order valence-electron chi connectivity index (χ4n) is 1.56. The zero-order valence-corrected chi connectivity index (χ0v) is 9.45. The summed E-state index contributed by atoms with van der Waals surface area (Å²) in [5.74, 6) is 0.512. The highest BCUT2D eigenvalue weighted by Crippen LogP contribution is 2.11. The Morgan fingerprint density at radius 1 is 1.24 bits per heavy atom. The Hall–Kier alpha value is -2.01. The molecule has 0 aliphatic rings. The highest BCUT2D eigenvalue weighted by atomic mass is 16.3. The Kier molecular flexibility index (Phi) is 3.62. The molecule has 0 fully saturated rings. The highest BCUT2D eigenvalue weighted by molar-refractivity contribution is 5.74. The van der Waals surface area contributed by atoms with Gasteiger partial charge in [0.15, 0.2) is 0 Å². The van der Waals surface area contributed by atoms with Crippen LogP contribution in [0.4, 0.5) is 5.95 Å². The minimum Gasteiger partial charge on any atom is -0.395 e. The molecule has 0 atom stereocenters. The Morgan fingerprint density at radius 2 is 2.00 bits per heavy atom. The Bertz CT molecular complexity index is 515. The van der Waals surface area contributed by atoms with Crippen molar-refractivity contribution in [3.8, 4) is 0 Å². The topological polar surface area (TPSA) is 62.1 Å². The van der Waals surface area contributed by atoms with Gasteiger partial charge in [-0.05, 0) is 12.1 Å². The molecule has 1 aromatic carbocycles. The van der Waals surface area contributed by atoms with Crippen molar-refractivity contribution >= 4 is 17.0 Å². The highest BCUT2D eigenvalue weighted by Gasteiger charge is 2.08. The molecule has 0 aliphatic carbocycles. The Morgan fingerprint density at radius 3 is 2.71 bits per heavy atom. The predicted octanol–water partition coefficient (Wildman–Crippen LogP) is 1.01. The van der Waals surface area contributed by atoms with Gasteiger partial charge in [0.25, 0.3) is 0 Å². The standard InChI is InChI=1S/C12H14N4O/c1-2-7-16(8-9-17)12-13-10-5-3-4-6-11(10)14-15-12/h2-6,17H,1,7-9H2. The molecule has 0 spiro atoms. The van der Waals surface area contributed by atoms with Gasteiger partial charge in [-0.1, -0.05) is 18.2 Å². The largest absolute Gasteiger partial charge is 0.395 e. The zero-order chi connectivity index (χ0) is 12.1. The molecule has 0 radical (unpaired) electrons. The maximum Gasteiger partial charge on any atom is 0.246 e. The third kappa shape index (κ3) is 2.57. The van der Waals surface area contributed by atoms with Gasteiger partial charge in [-0.2, -0.15) is 0 Å². The maximum absolute atomic E-state index is 8.99. The second-order valence-electron chi connectivity index (χ2n) is 3.56. The van der Waals surface area contributed by atoms with Crippen molar-refractivity contribution in [2.75, 3.05) is 24.6 Å². The van der Waals surface area contributed by atoms with Crippen molar-refractivity contribution in [3.63, 3.8) is 0 Å². The number of rotatable bonds is 5. The van der Waals surface area contributed by atoms with Crippen LogP contribution in [0.3, 0.4) is 0 Å². The molecule has 88 valence electrons. The summed E-state index contributed by atoms with van der Waals surface area (Å²) in [7, 11) is 0. The van der Waals surface area contributed by atoms with E-state index < -0.39 is 0 Å². The normalized spacial score (nSPS) is 10.4. The average molecular weight is 230 g/mol. The molecule has 0 unspecified atom stereocenters. The van der Waals surface area contributed by atoms with Crippen molar-refractivity contribution in [2.45, 2.75) is 0 Å². The number of hydrogen-bond donors (Lipinski definition) is 1. The summed E-state index contributed by atoms with van der Waals surface area (Å²) in [6.07, 6.45) is 1.74.